The number of carbonyl (C=O) groups is 1. The van der Waals surface area contributed by atoms with Crippen LogP contribution >= 0.6 is 0 Å². The van der Waals surface area contributed by atoms with Gasteiger partial charge in [0.2, 0.25) is 0 Å². The summed E-state index contributed by atoms with van der Waals surface area (Å²) in [5.74, 6) is 0.777. The maximum absolute atomic E-state index is 12.0. The Morgan fingerprint density at radius 1 is 1.04 bits per heavy atom. The van der Waals surface area contributed by atoms with E-state index in [0.29, 0.717) is 30.3 Å². The largest absolute Gasteiger partial charge is 0.493 e. The zero-order valence-corrected chi connectivity index (χ0v) is 13.6. The molecule has 0 aliphatic rings. The van der Waals surface area contributed by atoms with Gasteiger partial charge in [0, 0.05) is 0 Å². The summed E-state index contributed by atoms with van der Waals surface area (Å²) in [6, 6.07) is 14.9. The van der Waals surface area contributed by atoms with Gasteiger partial charge in [-0.15, -0.1) is 0 Å². The molecule has 0 aliphatic heterocycles. The number of benzene rings is 2. The molecule has 23 heavy (non-hydrogen) atoms. The van der Waals surface area contributed by atoms with Gasteiger partial charge >= 0.3 is 5.97 Å². The molecule has 0 unspecified atom stereocenters. The van der Waals surface area contributed by atoms with E-state index >= 15 is 0 Å². The van der Waals surface area contributed by atoms with Crippen LogP contribution in [-0.4, -0.2) is 19.7 Å². The molecule has 4 heteroatoms. The van der Waals surface area contributed by atoms with Crippen LogP contribution < -0.4 is 9.47 Å². The van der Waals surface area contributed by atoms with Gasteiger partial charge in [-0.2, -0.15) is 0 Å². The molecule has 0 amide bonds. The molecular formula is C19H22O4. The van der Waals surface area contributed by atoms with Crippen LogP contribution in [0.3, 0.4) is 0 Å². The highest BCUT2D eigenvalue weighted by molar-refractivity contribution is 5.90. The molecule has 0 atom stereocenters. The van der Waals surface area contributed by atoms with Gasteiger partial charge in [-0.1, -0.05) is 43.7 Å². The highest BCUT2D eigenvalue weighted by Crippen LogP contribution is 2.29. The Bertz CT molecular complexity index is 623. The van der Waals surface area contributed by atoms with Gasteiger partial charge in [0.25, 0.3) is 0 Å². The van der Waals surface area contributed by atoms with Crippen molar-refractivity contribution in [2.45, 2.75) is 26.4 Å². The van der Waals surface area contributed by atoms with Crippen molar-refractivity contribution in [1.82, 2.24) is 0 Å². The molecule has 0 heterocycles. The Morgan fingerprint density at radius 3 is 2.52 bits per heavy atom. The standard InChI is InChI=1S/C19H22O4/c1-3-4-12-22-19(20)16-10-11-17(18(13-16)21-2)23-14-15-8-6-5-7-9-15/h5-11,13H,3-4,12,14H2,1-2H3. The molecule has 0 bridgehead atoms. The van der Waals surface area contributed by atoms with E-state index in [4.69, 9.17) is 14.2 Å². The van der Waals surface area contributed by atoms with Crippen molar-refractivity contribution < 1.29 is 19.0 Å². The van der Waals surface area contributed by atoms with Gasteiger partial charge in [0.05, 0.1) is 19.3 Å². The molecule has 4 nitrogen and oxygen atoms in total. The molecule has 122 valence electrons. The maximum Gasteiger partial charge on any atom is 0.338 e. The van der Waals surface area contributed by atoms with Gasteiger partial charge in [-0.3, -0.25) is 0 Å². The summed E-state index contributed by atoms with van der Waals surface area (Å²) < 4.78 is 16.3. The zero-order valence-electron chi connectivity index (χ0n) is 13.6. The second-order valence-electron chi connectivity index (χ2n) is 5.13. The van der Waals surface area contributed by atoms with Crippen LogP contribution in [-0.2, 0) is 11.3 Å². The number of methoxy groups -OCH3 is 1. The van der Waals surface area contributed by atoms with Gasteiger partial charge in [-0.25, -0.2) is 4.79 Å². The van der Waals surface area contributed by atoms with Crippen molar-refractivity contribution in [3.63, 3.8) is 0 Å². The molecule has 2 aromatic rings. The van der Waals surface area contributed by atoms with Gasteiger partial charge in [-0.05, 0) is 30.2 Å². The molecule has 2 aromatic carbocycles. The molecule has 0 spiro atoms. The van der Waals surface area contributed by atoms with E-state index in [0.717, 1.165) is 18.4 Å². The second kappa shape index (κ2) is 8.83. The van der Waals surface area contributed by atoms with Crippen molar-refractivity contribution in [2.75, 3.05) is 13.7 Å². The van der Waals surface area contributed by atoms with Crippen LogP contribution in [0.4, 0.5) is 0 Å². The summed E-state index contributed by atoms with van der Waals surface area (Å²) in [5, 5.41) is 0. The monoisotopic (exact) mass is 314 g/mol. The minimum Gasteiger partial charge on any atom is -0.493 e. The SMILES string of the molecule is CCCCOC(=O)c1ccc(OCc2ccccc2)c(OC)c1. The third kappa shape index (κ3) is 5.02. The van der Waals surface area contributed by atoms with Gasteiger partial charge < -0.3 is 14.2 Å². The highest BCUT2D eigenvalue weighted by atomic mass is 16.5. The van der Waals surface area contributed by atoms with Gasteiger partial charge in [0.1, 0.15) is 6.61 Å². The van der Waals surface area contributed by atoms with E-state index in [-0.39, 0.29) is 5.97 Å². The fourth-order valence-electron chi connectivity index (χ4n) is 2.04. The predicted molar refractivity (Wildman–Crippen MR) is 89.0 cm³/mol. The highest BCUT2D eigenvalue weighted by Gasteiger charge is 2.12. The zero-order chi connectivity index (χ0) is 16.5. The first kappa shape index (κ1) is 16.9. The third-order valence-electron chi connectivity index (χ3n) is 3.37. The van der Waals surface area contributed by atoms with Crippen molar-refractivity contribution in [3.8, 4) is 11.5 Å². The number of hydrogen-bond donors (Lipinski definition) is 0. The van der Waals surface area contributed by atoms with Crippen LogP contribution in [0.5, 0.6) is 11.5 Å². The Hall–Kier alpha value is -2.49. The Morgan fingerprint density at radius 2 is 1.83 bits per heavy atom. The number of esters is 1. The number of ether oxygens (including phenoxy) is 3. The fraction of sp³-hybridized carbons (Fsp3) is 0.316. The number of carbonyl (C=O) groups excluding carboxylic acids is 1. The first-order valence-electron chi connectivity index (χ1n) is 7.76. The summed E-state index contributed by atoms with van der Waals surface area (Å²) in [6.45, 7) is 2.93. The number of hydrogen-bond acceptors (Lipinski definition) is 4. The van der Waals surface area contributed by atoms with E-state index in [1.165, 1.54) is 0 Å². The van der Waals surface area contributed by atoms with Crippen LogP contribution in [0.1, 0.15) is 35.7 Å². The minimum atomic E-state index is -0.341. The van der Waals surface area contributed by atoms with Crippen LogP contribution in [0, 0.1) is 0 Å². The first-order valence-corrected chi connectivity index (χ1v) is 7.76. The lowest BCUT2D eigenvalue weighted by Crippen LogP contribution is -2.07. The Labute approximate surface area is 137 Å². The quantitative estimate of drug-likeness (QED) is 0.540. The fourth-order valence-corrected chi connectivity index (χ4v) is 2.04. The second-order valence-corrected chi connectivity index (χ2v) is 5.13. The minimum absolute atomic E-state index is 0.341. The molecule has 0 aliphatic carbocycles. The molecule has 0 fully saturated rings. The number of unbranched alkanes of at least 4 members (excludes halogenated alkanes) is 1. The average Bonchev–Trinajstić information content (AvgIpc) is 2.60. The van der Waals surface area contributed by atoms with Crippen molar-refractivity contribution in [1.29, 1.82) is 0 Å². The molecule has 0 radical (unpaired) electrons. The molecule has 0 N–H and O–H groups in total. The Balaban J connectivity index is 2.02. The summed E-state index contributed by atoms with van der Waals surface area (Å²) in [6.07, 6.45) is 1.85. The molecule has 0 aromatic heterocycles. The normalized spacial score (nSPS) is 10.2. The average molecular weight is 314 g/mol. The van der Waals surface area contributed by atoms with Crippen LogP contribution in [0.25, 0.3) is 0 Å². The summed E-state index contributed by atoms with van der Waals surface area (Å²) >= 11 is 0. The van der Waals surface area contributed by atoms with E-state index in [2.05, 4.69) is 6.92 Å². The molecule has 0 saturated heterocycles. The molecular weight excluding hydrogens is 292 g/mol. The topological polar surface area (TPSA) is 44.8 Å². The van der Waals surface area contributed by atoms with Crippen molar-refractivity contribution in [3.05, 3.63) is 59.7 Å². The van der Waals surface area contributed by atoms with Crippen LogP contribution in [0.15, 0.2) is 48.5 Å². The van der Waals surface area contributed by atoms with Crippen molar-refractivity contribution in [2.24, 2.45) is 0 Å². The lowest BCUT2D eigenvalue weighted by Gasteiger charge is -2.12. The van der Waals surface area contributed by atoms with E-state index in [9.17, 15) is 4.79 Å². The van der Waals surface area contributed by atoms with Crippen LogP contribution in [0.2, 0.25) is 0 Å². The smallest absolute Gasteiger partial charge is 0.338 e. The number of rotatable bonds is 8. The van der Waals surface area contributed by atoms with Gasteiger partial charge in [0.15, 0.2) is 11.5 Å². The Kier molecular flexibility index (Phi) is 6.48. The van der Waals surface area contributed by atoms with Crippen molar-refractivity contribution >= 4 is 5.97 Å². The van der Waals surface area contributed by atoms with E-state index in [1.54, 1.807) is 25.3 Å². The third-order valence-corrected chi connectivity index (χ3v) is 3.37. The van der Waals surface area contributed by atoms with E-state index in [1.807, 2.05) is 30.3 Å². The lowest BCUT2D eigenvalue weighted by molar-refractivity contribution is 0.0499. The molecule has 2 rings (SSSR count). The maximum atomic E-state index is 12.0. The van der Waals surface area contributed by atoms with E-state index < -0.39 is 0 Å². The summed E-state index contributed by atoms with van der Waals surface area (Å²) in [7, 11) is 1.55. The summed E-state index contributed by atoms with van der Waals surface area (Å²) in [5.41, 5.74) is 1.53. The molecule has 0 saturated carbocycles. The summed E-state index contributed by atoms with van der Waals surface area (Å²) in [4.78, 5) is 12.0. The first-order chi connectivity index (χ1) is 11.2. The predicted octanol–water partition coefficient (Wildman–Crippen LogP) is 4.23. The lowest BCUT2D eigenvalue weighted by atomic mass is 10.2.